The van der Waals surface area contributed by atoms with Gasteiger partial charge in [-0.05, 0) is 32.9 Å². The quantitative estimate of drug-likeness (QED) is 0.772. The number of rotatable bonds is 2. The van der Waals surface area contributed by atoms with Gasteiger partial charge in [-0.3, -0.25) is 0 Å². The number of pyridine rings is 1. The lowest BCUT2D eigenvalue weighted by Gasteiger charge is -2.13. The van der Waals surface area contributed by atoms with Crippen LogP contribution in [0.3, 0.4) is 0 Å². The molecule has 1 atom stereocenters. The Morgan fingerprint density at radius 3 is 2.75 bits per heavy atom. The van der Waals surface area contributed by atoms with E-state index in [9.17, 15) is 0 Å². The van der Waals surface area contributed by atoms with Crippen molar-refractivity contribution in [2.75, 3.05) is 0 Å². The van der Waals surface area contributed by atoms with Crippen molar-refractivity contribution < 1.29 is 0 Å². The van der Waals surface area contributed by atoms with Crippen LogP contribution < -0.4 is 0 Å². The van der Waals surface area contributed by atoms with Crippen molar-refractivity contribution in [3.63, 3.8) is 0 Å². The van der Waals surface area contributed by atoms with Crippen LogP contribution in [0.1, 0.15) is 38.6 Å². The van der Waals surface area contributed by atoms with Crippen LogP contribution in [0.2, 0.25) is 0 Å². The second-order valence-electron chi connectivity index (χ2n) is 4.13. The molecular weight excluding hydrogens is 200 g/mol. The SMILES string of the molecule is CC(C#N)c1nc2ncccc2n1C(C)C. The van der Waals surface area contributed by atoms with Crippen LogP contribution in [0.25, 0.3) is 11.2 Å². The summed E-state index contributed by atoms with van der Waals surface area (Å²) < 4.78 is 2.08. The number of imidazole rings is 1. The molecule has 4 nitrogen and oxygen atoms in total. The normalized spacial score (nSPS) is 12.9. The third-order valence-corrected chi connectivity index (χ3v) is 2.59. The number of fused-ring (bicyclic) bond motifs is 1. The summed E-state index contributed by atoms with van der Waals surface area (Å²) >= 11 is 0. The molecule has 2 aromatic heterocycles. The summed E-state index contributed by atoms with van der Waals surface area (Å²) in [6, 6.07) is 6.39. The van der Waals surface area contributed by atoms with Gasteiger partial charge in [-0.2, -0.15) is 5.26 Å². The first-order chi connectivity index (χ1) is 7.65. The van der Waals surface area contributed by atoms with E-state index >= 15 is 0 Å². The molecule has 16 heavy (non-hydrogen) atoms. The lowest BCUT2D eigenvalue weighted by Crippen LogP contribution is -2.08. The summed E-state index contributed by atoms with van der Waals surface area (Å²) in [5.41, 5.74) is 1.71. The highest BCUT2D eigenvalue weighted by Gasteiger charge is 2.18. The van der Waals surface area contributed by atoms with Gasteiger partial charge in [0.2, 0.25) is 0 Å². The van der Waals surface area contributed by atoms with Crippen molar-refractivity contribution >= 4 is 11.2 Å². The van der Waals surface area contributed by atoms with Crippen molar-refractivity contribution in [2.24, 2.45) is 0 Å². The fraction of sp³-hybridized carbons (Fsp3) is 0.417. The molecule has 82 valence electrons. The average molecular weight is 214 g/mol. The minimum absolute atomic E-state index is 0.211. The van der Waals surface area contributed by atoms with Crippen molar-refractivity contribution in [2.45, 2.75) is 32.7 Å². The molecule has 2 heterocycles. The van der Waals surface area contributed by atoms with Crippen LogP contribution in [-0.4, -0.2) is 14.5 Å². The molecule has 0 fully saturated rings. The monoisotopic (exact) mass is 214 g/mol. The van der Waals surface area contributed by atoms with Gasteiger partial charge in [0.1, 0.15) is 11.7 Å². The van der Waals surface area contributed by atoms with E-state index < -0.39 is 0 Å². The van der Waals surface area contributed by atoms with Crippen LogP contribution >= 0.6 is 0 Å². The first-order valence-electron chi connectivity index (χ1n) is 5.37. The molecule has 0 spiro atoms. The molecule has 2 aromatic rings. The van der Waals surface area contributed by atoms with Gasteiger partial charge in [0.05, 0.1) is 11.6 Å². The van der Waals surface area contributed by atoms with Gasteiger partial charge in [0.15, 0.2) is 5.65 Å². The molecule has 0 aliphatic heterocycles. The molecule has 0 radical (unpaired) electrons. The number of hydrogen-bond acceptors (Lipinski definition) is 3. The average Bonchev–Trinajstić information content (AvgIpc) is 2.67. The molecule has 0 saturated heterocycles. The predicted molar refractivity (Wildman–Crippen MR) is 61.9 cm³/mol. The van der Waals surface area contributed by atoms with Gasteiger partial charge < -0.3 is 4.57 Å². The summed E-state index contributed by atoms with van der Waals surface area (Å²) in [7, 11) is 0. The minimum atomic E-state index is -0.211. The molecule has 0 aliphatic carbocycles. The highest BCUT2D eigenvalue weighted by Crippen LogP contribution is 2.24. The van der Waals surface area contributed by atoms with Crippen LogP contribution in [0.15, 0.2) is 18.3 Å². The number of aromatic nitrogens is 3. The summed E-state index contributed by atoms with van der Waals surface area (Å²) in [5.74, 6) is 0.586. The Labute approximate surface area is 94.6 Å². The molecule has 0 aliphatic rings. The highest BCUT2D eigenvalue weighted by atomic mass is 15.1. The first kappa shape index (κ1) is 10.6. The molecule has 2 rings (SSSR count). The lowest BCUT2D eigenvalue weighted by molar-refractivity contribution is 0.577. The van der Waals surface area contributed by atoms with Crippen LogP contribution in [0, 0.1) is 11.3 Å². The number of nitrogens with zero attached hydrogens (tertiary/aromatic N) is 4. The smallest absolute Gasteiger partial charge is 0.177 e. The van der Waals surface area contributed by atoms with Crippen molar-refractivity contribution in [3.8, 4) is 6.07 Å². The van der Waals surface area contributed by atoms with Crippen molar-refractivity contribution in [1.82, 2.24) is 14.5 Å². The maximum atomic E-state index is 9.00. The number of hydrogen-bond donors (Lipinski definition) is 0. The fourth-order valence-electron chi connectivity index (χ4n) is 1.85. The molecule has 0 amide bonds. The van der Waals surface area contributed by atoms with E-state index in [-0.39, 0.29) is 12.0 Å². The maximum Gasteiger partial charge on any atom is 0.177 e. The Kier molecular flexibility index (Phi) is 2.61. The second kappa shape index (κ2) is 3.93. The summed E-state index contributed by atoms with van der Waals surface area (Å²) in [4.78, 5) is 8.65. The molecule has 0 aromatic carbocycles. The van der Waals surface area contributed by atoms with Gasteiger partial charge in [0.25, 0.3) is 0 Å². The standard InChI is InChI=1S/C12H14N4/c1-8(2)16-10-5-4-6-14-11(10)15-12(16)9(3)7-13/h4-6,8-9H,1-3H3. The van der Waals surface area contributed by atoms with Gasteiger partial charge in [-0.15, -0.1) is 0 Å². The summed E-state index contributed by atoms with van der Waals surface area (Å²) in [6.07, 6.45) is 1.72. The van der Waals surface area contributed by atoms with E-state index in [1.807, 2.05) is 19.1 Å². The second-order valence-corrected chi connectivity index (χ2v) is 4.13. The number of nitriles is 1. The Morgan fingerprint density at radius 1 is 1.38 bits per heavy atom. The van der Waals surface area contributed by atoms with Crippen LogP contribution in [0.4, 0.5) is 0 Å². The Hall–Kier alpha value is -1.89. The van der Waals surface area contributed by atoms with E-state index in [0.29, 0.717) is 5.65 Å². The third-order valence-electron chi connectivity index (χ3n) is 2.59. The largest absolute Gasteiger partial charge is 0.323 e. The van der Waals surface area contributed by atoms with Crippen molar-refractivity contribution in [3.05, 3.63) is 24.2 Å². The van der Waals surface area contributed by atoms with E-state index in [1.54, 1.807) is 6.20 Å². The van der Waals surface area contributed by atoms with E-state index in [1.165, 1.54) is 0 Å². The van der Waals surface area contributed by atoms with Gasteiger partial charge in [-0.1, -0.05) is 0 Å². The van der Waals surface area contributed by atoms with Crippen LogP contribution in [-0.2, 0) is 0 Å². The molecule has 4 heteroatoms. The zero-order valence-corrected chi connectivity index (χ0v) is 9.68. The third kappa shape index (κ3) is 1.54. The summed E-state index contributed by atoms with van der Waals surface area (Å²) in [6.45, 7) is 6.03. The maximum absolute atomic E-state index is 9.00. The fourth-order valence-corrected chi connectivity index (χ4v) is 1.85. The van der Waals surface area contributed by atoms with Gasteiger partial charge >= 0.3 is 0 Å². The van der Waals surface area contributed by atoms with Gasteiger partial charge in [-0.25, -0.2) is 9.97 Å². The minimum Gasteiger partial charge on any atom is -0.323 e. The lowest BCUT2D eigenvalue weighted by atomic mass is 10.2. The summed E-state index contributed by atoms with van der Waals surface area (Å²) in [5, 5.41) is 9.00. The molecule has 0 saturated carbocycles. The van der Waals surface area contributed by atoms with Crippen molar-refractivity contribution in [1.29, 1.82) is 5.26 Å². The highest BCUT2D eigenvalue weighted by molar-refractivity contribution is 5.71. The van der Waals surface area contributed by atoms with E-state index in [2.05, 4.69) is 34.5 Å². The van der Waals surface area contributed by atoms with E-state index in [4.69, 9.17) is 5.26 Å². The van der Waals surface area contributed by atoms with Crippen LogP contribution in [0.5, 0.6) is 0 Å². The molecule has 0 N–H and O–H groups in total. The molecule has 1 unspecified atom stereocenters. The predicted octanol–water partition coefficient (Wildman–Crippen LogP) is 2.64. The zero-order chi connectivity index (χ0) is 11.7. The molecule has 0 bridgehead atoms. The Bertz CT molecular complexity index is 548. The van der Waals surface area contributed by atoms with Gasteiger partial charge in [0, 0.05) is 12.2 Å². The zero-order valence-electron chi connectivity index (χ0n) is 9.68. The first-order valence-corrected chi connectivity index (χ1v) is 5.37. The van der Waals surface area contributed by atoms with E-state index in [0.717, 1.165) is 11.3 Å². The topological polar surface area (TPSA) is 54.5 Å². The Morgan fingerprint density at radius 2 is 2.12 bits per heavy atom. The Balaban J connectivity index is 2.74. The molecular formula is C12H14N4.